The molecule has 0 saturated carbocycles. The lowest BCUT2D eigenvalue weighted by Crippen LogP contribution is -2.28. The molecule has 1 aromatic carbocycles. The molecule has 3 nitrogen and oxygen atoms in total. The lowest BCUT2D eigenvalue weighted by atomic mass is 10.3. The average Bonchev–Trinajstić information content (AvgIpc) is 2.87. The summed E-state index contributed by atoms with van der Waals surface area (Å²) in [5.74, 6) is 0.607. The molecule has 0 aliphatic carbocycles. The van der Waals surface area contributed by atoms with E-state index < -0.39 is 0 Å². The van der Waals surface area contributed by atoms with Crippen LogP contribution in [0.25, 0.3) is 0 Å². The summed E-state index contributed by atoms with van der Waals surface area (Å²) < 4.78 is 6.49. The quantitative estimate of drug-likeness (QED) is 0.819. The molecule has 1 amide bonds. The molecule has 18 heavy (non-hydrogen) atoms. The average molecular weight is 373 g/mol. The molecule has 94 valence electrons. The molecule has 1 N–H and O–H groups in total. The van der Waals surface area contributed by atoms with Crippen LogP contribution in [-0.4, -0.2) is 12.5 Å². The summed E-state index contributed by atoms with van der Waals surface area (Å²) in [6.45, 7) is 0.609. The van der Waals surface area contributed by atoms with Gasteiger partial charge in [-0.3, -0.25) is 4.79 Å². The lowest BCUT2D eigenvalue weighted by molar-refractivity contribution is -0.123. The van der Waals surface area contributed by atoms with Crippen LogP contribution in [0.15, 0.2) is 41.8 Å². The van der Waals surface area contributed by atoms with Crippen molar-refractivity contribution in [3.8, 4) is 5.75 Å². The second-order valence-corrected chi connectivity index (χ2v) is 5.88. The number of halogens is 1. The summed E-state index contributed by atoms with van der Waals surface area (Å²) in [7, 11) is 0. The van der Waals surface area contributed by atoms with Crippen molar-refractivity contribution < 1.29 is 9.53 Å². The summed E-state index contributed by atoms with van der Waals surface area (Å²) in [5.41, 5.74) is 0. The zero-order valence-electron chi connectivity index (χ0n) is 9.56. The van der Waals surface area contributed by atoms with E-state index in [1.54, 1.807) is 11.3 Å². The third kappa shape index (κ3) is 4.30. The zero-order valence-corrected chi connectivity index (χ0v) is 12.5. The molecule has 0 unspecified atom stereocenters. The summed E-state index contributed by atoms with van der Waals surface area (Å²) >= 11 is 3.83. The first-order valence-electron chi connectivity index (χ1n) is 5.41. The highest BCUT2D eigenvalue weighted by molar-refractivity contribution is 14.1. The molecule has 5 heteroatoms. The van der Waals surface area contributed by atoms with Gasteiger partial charge in [0.15, 0.2) is 6.61 Å². The van der Waals surface area contributed by atoms with E-state index in [4.69, 9.17) is 4.74 Å². The minimum Gasteiger partial charge on any atom is -0.484 e. The number of hydrogen-bond acceptors (Lipinski definition) is 3. The van der Waals surface area contributed by atoms with E-state index in [2.05, 4.69) is 27.9 Å². The molecule has 0 aliphatic rings. The van der Waals surface area contributed by atoms with Gasteiger partial charge in [-0.15, -0.1) is 11.3 Å². The molecular formula is C13H12INO2S. The fourth-order valence-corrected chi connectivity index (χ4v) is 2.51. The predicted molar refractivity (Wildman–Crippen MR) is 80.8 cm³/mol. The first-order valence-corrected chi connectivity index (χ1v) is 7.37. The van der Waals surface area contributed by atoms with Crippen LogP contribution in [0.2, 0.25) is 0 Å². The minimum atomic E-state index is -0.109. The van der Waals surface area contributed by atoms with E-state index in [-0.39, 0.29) is 12.5 Å². The molecule has 0 fully saturated rings. The van der Waals surface area contributed by atoms with E-state index in [0.717, 1.165) is 8.45 Å². The number of benzene rings is 1. The summed E-state index contributed by atoms with van der Waals surface area (Å²) in [6, 6.07) is 11.6. The van der Waals surface area contributed by atoms with Gasteiger partial charge >= 0.3 is 0 Å². The van der Waals surface area contributed by atoms with Crippen LogP contribution in [0, 0.1) is 3.57 Å². The van der Waals surface area contributed by atoms with Crippen molar-refractivity contribution in [3.05, 3.63) is 50.2 Å². The Balaban J connectivity index is 1.75. The topological polar surface area (TPSA) is 38.3 Å². The monoisotopic (exact) mass is 373 g/mol. The van der Waals surface area contributed by atoms with Crippen molar-refractivity contribution in [2.75, 3.05) is 6.61 Å². The predicted octanol–water partition coefficient (Wildman–Crippen LogP) is 3.05. The van der Waals surface area contributed by atoms with Gasteiger partial charge in [0.25, 0.3) is 5.91 Å². The second kappa shape index (κ2) is 6.75. The molecule has 2 aromatic rings. The summed E-state index contributed by atoms with van der Waals surface area (Å²) in [4.78, 5) is 12.7. The minimum absolute atomic E-state index is 0.0471. The Hall–Kier alpha value is -1.08. The molecular weight excluding hydrogens is 361 g/mol. The second-order valence-electron chi connectivity index (χ2n) is 3.60. The Labute approximate surface area is 123 Å². The van der Waals surface area contributed by atoms with Crippen molar-refractivity contribution >= 4 is 39.8 Å². The Kier molecular flexibility index (Phi) is 5.00. The number of hydrogen-bond donors (Lipinski definition) is 1. The highest BCUT2D eigenvalue weighted by atomic mass is 127. The third-order valence-electron chi connectivity index (χ3n) is 2.21. The number of ether oxygens (including phenoxy) is 1. The van der Waals surface area contributed by atoms with E-state index >= 15 is 0 Å². The van der Waals surface area contributed by atoms with Crippen LogP contribution in [0.1, 0.15) is 4.88 Å². The van der Waals surface area contributed by atoms with Gasteiger partial charge in [-0.05, 0) is 52.2 Å². The third-order valence-corrected chi connectivity index (χ3v) is 3.75. The van der Waals surface area contributed by atoms with Gasteiger partial charge in [-0.1, -0.05) is 12.1 Å². The highest BCUT2D eigenvalue weighted by Crippen LogP contribution is 2.14. The summed E-state index contributed by atoms with van der Waals surface area (Å²) in [6.07, 6.45) is 0. The van der Waals surface area contributed by atoms with Crippen LogP contribution in [0.4, 0.5) is 0 Å². The molecule has 0 saturated heterocycles. The van der Waals surface area contributed by atoms with Crippen molar-refractivity contribution in [3.63, 3.8) is 0 Å². The Morgan fingerprint density at radius 3 is 2.94 bits per heavy atom. The maximum absolute atomic E-state index is 11.6. The van der Waals surface area contributed by atoms with Crippen LogP contribution >= 0.6 is 33.9 Å². The maximum atomic E-state index is 11.6. The molecule has 2 rings (SSSR count). The maximum Gasteiger partial charge on any atom is 0.258 e. The normalized spacial score (nSPS) is 10.1. The van der Waals surface area contributed by atoms with E-state index in [1.807, 2.05) is 41.8 Å². The van der Waals surface area contributed by atoms with Gasteiger partial charge in [-0.2, -0.15) is 0 Å². The smallest absolute Gasteiger partial charge is 0.258 e. The van der Waals surface area contributed by atoms with E-state index in [1.165, 1.54) is 0 Å². The molecule has 0 bridgehead atoms. The zero-order chi connectivity index (χ0) is 12.8. The van der Waals surface area contributed by atoms with Gasteiger partial charge in [0.05, 0.1) is 6.54 Å². The van der Waals surface area contributed by atoms with Crippen molar-refractivity contribution in [1.82, 2.24) is 5.32 Å². The van der Waals surface area contributed by atoms with E-state index in [0.29, 0.717) is 12.3 Å². The van der Waals surface area contributed by atoms with Crippen molar-refractivity contribution in [1.29, 1.82) is 0 Å². The summed E-state index contributed by atoms with van der Waals surface area (Å²) in [5, 5.41) is 4.80. The van der Waals surface area contributed by atoms with Crippen molar-refractivity contribution in [2.24, 2.45) is 0 Å². The number of carbonyl (C=O) groups excluding carboxylic acids is 1. The lowest BCUT2D eigenvalue weighted by Gasteiger charge is -2.06. The number of rotatable bonds is 5. The van der Waals surface area contributed by atoms with Crippen LogP contribution < -0.4 is 10.1 Å². The molecule has 0 spiro atoms. The van der Waals surface area contributed by atoms with Gasteiger partial charge in [0, 0.05) is 8.45 Å². The molecule has 1 heterocycles. The fourth-order valence-electron chi connectivity index (χ4n) is 1.36. The van der Waals surface area contributed by atoms with Gasteiger partial charge in [0.1, 0.15) is 5.75 Å². The molecule has 0 atom stereocenters. The first-order chi connectivity index (χ1) is 8.74. The van der Waals surface area contributed by atoms with Crippen molar-refractivity contribution in [2.45, 2.75) is 6.54 Å². The Morgan fingerprint density at radius 2 is 2.22 bits per heavy atom. The molecule has 0 radical (unpaired) electrons. The van der Waals surface area contributed by atoms with E-state index in [9.17, 15) is 4.79 Å². The molecule has 0 aliphatic heterocycles. The largest absolute Gasteiger partial charge is 0.484 e. The number of carbonyl (C=O) groups is 1. The highest BCUT2D eigenvalue weighted by Gasteiger charge is 2.03. The van der Waals surface area contributed by atoms with Gasteiger partial charge in [0.2, 0.25) is 0 Å². The SMILES string of the molecule is O=C(COc1cccc(I)c1)NCc1cccs1. The van der Waals surface area contributed by atoms with Crippen LogP contribution in [0.3, 0.4) is 0 Å². The first kappa shape index (κ1) is 13.4. The van der Waals surface area contributed by atoms with Gasteiger partial charge in [-0.25, -0.2) is 0 Å². The molecule has 1 aromatic heterocycles. The number of thiophene rings is 1. The van der Waals surface area contributed by atoms with Crippen LogP contribution in [0.5, 0.6) is 5.75 Å². The Bertz CT molecular complexity index is 513. The van der Waals surface area contributed by atoms with Crippen LogP contribution in [-0.2, 0) is 11.3 Å². The Morgan fingerprint density at radius 1 is 1.33 bits per heavy atom. The number of amides is 1. The number of nitrogens with one attached hydrogen (secondary N) is 1. The standard InChI is InChI=1S/C13H12INO2S/c14-10-3-1-4-11(7-10)17-9-13(16)15-8-12-5-2-6-18-12/h1-7H,8-9H2,(H,15,16). The van der Waals surface area contributed by atoms with Gasteiger partial charge < -0.3 is 10.1 Å². The fraction of sp³-hybridized carbons (Fsp3) is 0.154.